The van der Waals surface area contributed by atoms with Crippen molar-refractivity contribution in [2.45, 2.75) is 44.1 Å². The molecule has 1 aromatic heterocycles. The van der Waals surface area contributed by atoms with Crippen LogP contribution in [0.2, 0.25) is 0 Å². The van der Waals surface area contributed by atoms with E-state index in [0.29, 0.717) is 39.0 Å². The number of ether oxygens (including phenoxy) is 1. The first kappa shape index (κ1) is 27.0. The zero-order chi connectivity index (χ0) is 28.5. The van der Waals surface area contributed by atoms with E-state index in [1.165, 1.54) is 15.7 Å². The van der Waals surface area contributed by atoms with Gasteiger partial charge in [-0.3, -0.25) is 4.90 Å². The molecule has 11 heteroatoms. The Morgan fingerprint density at radius 1 is 1.10 bits per heavy atom. The van der Waals surface area contributed by atoms with Crippen molar-refractivity contribution >= 4 is 28.4 Å². The summed E-state index contributed by atoms with van der Waals surface area (Å²) >= 11 is 0. The van der Waals surface area contributed by atoms with Gasteiger partial charge in [0.25, 0.3) is 0 Å². The molecule has 0 unspecified atom stereocenters. The van der Waals surface area contributed by atoms with Gasteiger partial charge in [0.1, 0.15) is 18.6 Å². The molecule has 1 amide bonds. The summed E-state index contributed by atoms with van der Waals surface area (Å²) in [6, 6.07) is 16.5. The molecule has 2 fully saturated rings. The van der Waals surface area contributed by atoms with Crippen LogP contribution in [0.15, 0.2) is 42.5 Å². The lowest BCUT2D eigenvalue weighted by Gasteiger charge is -2.41. The van der Waals surface area contributed by atoms with Gasteiger partial charge in [0.15, 0.2) is 0 Å². The molecule has 6 rings (SSSR count). The van der Waals surface area contributed by atoms with Crippen LogP contribution in [0.3, 0.4) is 0 Å². The predicted octanol–water partition coefficient (Wildman–Crippen LogP) is 3.70. The van der Waals surface area contributed by atoms with Crippen LogP contribution in [-0.2, 0) is 13.0 Å². The molecule has 1 N–H and O–H groups in total. The number of hydrogen-bond acceptors (Lipinski definition) is 8. The highest BCUT2D eigenvalue weighted by Crippen LogP contribution is 2.35. The van der Waals surface area contributed by atoms with Crippen molar-refractivity contribution in [2.75, 3.05) is 56.2 Å². The maximum absolute atomic E-state index is 14.0. The number of hydrogen-bond donors (Lipinski definition) is 1. The number of nitriles is 1. The third kappa shape index (κ3) is 5.44. The number of benzene rings is 2. The van der Waals surface area contributed by atoms with Crippen molar-refractivity contribution in [3.63, 3.8) is 0 Å². The van der Waals surface area contributed by atoms with Crippen molar-refractivity contribution in [3.05, 3.63) is 53.7 Å². The first-order valence-corrected chi connectivity index (χ1v) is 14.1. The van der Waals surface area contributed by atoms with E-state index in [0.717, 1.165) is 29.3 Å². The van der Waals surface area contributed by atoms with E-state index < -0.39 is 18.3 Å². The van der Waals surface area contributed by atoms with Gasteiger partial charge in [0.2, 0.25) is 0 Å². The molecule has 0 saturated carbocycles. The summed E-state index contributed by atoms with van der Waals surface area (Å²) < 4.78 is 20.1. The fraction of sp³-hybridized carbons (Fsp3) is 0.467. The van der Waals surface area contributed by atoms with Gasteiger partial charge in [-0.1, -0.05) is 36.4 Å². The van der Waals surface area contributed by atoms with E-state index in [4.69, 9.17) is 14.7 Å². The Balaban J connectivity index is 1.32. The highest BCUT2D eigenvalue weighted by molar-refractivity contribution is 5.94. The van der Waals surface area contributed by atoms with Crippen LogP contribution in [0.25, 0.3) is 10.8 Å². The summed E-state index contributed by atoms with van der Waals surface area (Å²) in [7, 11) is 1.89. The average molecular weight is 560 g/mol. The Labute approximate surface area is 238 Å². The minimum Gasteiger partial charge on any atom is -0.465 e. The lowest BCUT2D eigenvalue weighted by Crippen LogP contribution is -2.55. The summed E-state index contributed by atoms with van der Waals surface area (Å²) in [6.45, 7) is 3.12. The number of carbonyl (C=O) groups is 1. The molecular formula is C30H34FN7O3. The first-order valence-electron chi connectivity index (χ1n) is 14.1. The van der Waals surface area contributed by atoms with Crippen LogP contribution >= 0.6 is 0 Å². The second-order valence-electron chi connectivity index (χ2n) is 11.1. The number of fused-ring (bicyclic) bond motifs is 2. The Kier molecular flexibility index (Phi) is 7.49. The van der Waals surface area contributed by atoms with Crippen LogP contribution in [0, 0.1) is 11.3 Å². The number of piperazine rings is 1. The van der Waals surface area contributed by atoms with Gasteiger partial charge in [-0.25, -0.2) is 9.18 Å². The maximum atomic E-state index is 14.0. The van der Waals surface area contributed by atoms with Gasteiger partial charge in [-0.05, 0) is 31.3 Å². The molecule has 0 bridgehead atoms. The third-order valence-electron chi connectivity index (χ3n) is 8.53. The third-order valence-corrected chi connectivity index (χ3v) is 8.53. The van der Waals surface area contributed by atoms with E-state index in [9.17, 15) is 19.6 Å². The fourth-order valence-electron chi connectivity index (χ4n) is 6.36. The highest BCUT2D eigenvalue weighted by Gasteiger charge is 2.35. The molecule has 214 valence electrons. The summed E-state index contributed by atoms with van der Waals surface area (Å²) in [5.41, 5.74) is 3.03. The van der Waals surface area contributed by atoms with Gasteiger partial charge >= 0.3 is 12.1 Å². The molecule has 4 heterocycles. The van der Waals surface area contributed by atoms with E-state index in [1.54, 1.807) is 0 Å². The number of carboxylic acid groups (broad SMARTS) is 1. The largest absolute Gasteiger partial charge is 0.465 e. The quantitative estimate of drug-likeness (QED) is 0.484. The molecule has 2 aromatic carbocycles. The Hall–Kier alpha value is -4.17. The van der Waals surface area contributed by atoms with E-state index in [2.05, 4.69) is 46.2 Å². The van der Waals surface area contributed by atoms with Gasteiger partial charge in [0, 0.05) is 55.4 Å². The summed E-state index contributed by atoms with van der Waals surface area (Å²) in [5.74, 6) is 0.735. The molecule has 3 atom stereocenters. The van der Waals surface area contributed by atoms with Crippen molar-refractivity contribution in [1.82, 2.24) is 19.8 Å². The zero-order valence-electron chi connectivity index (χ0n) is 23.1. The lowest BCUT2D eigenvalue weighted by molar-refractivity contribution is 0.119. The topological polar surface area (TPSA) is 109 Å². The van der Waals surface area contributed by atoms with Crippen LogP contribution < -0.4 is 14.5 Å². The second kappa shape index (κ2) is 11.4. The highest BCUT2D eigenvalue weighted by atomic mass is 19.1. The first-order chi connectivity index (χ1) is 19.9. The van der Waals surface area contributed by atoms with Crippen molar-refractivity contribution < 1.29 is 19.0 Å². The van der Waals surface area contributed by atoms with Crippen LogP contribution in [-0.4, -0.2) is 95.6 Å². The van der Waals surface area contributed by atoms with Crippen molar-refractivity contribution in [2.24, 2.45) is 0 Å². The van der Waals surface area contributed by atoms with Crippen molar-refractivity contribution in [3.8, 4) is 12.1 Å². The number of likely N-dealkylation sites (tertiary alicyclic amines) is 1. The molecular weight excluding hydrogens is 525 g/mol. The molecule has 41 heavy (non-hydrogen) atoms. The maximum Gasteiger partial charge on any atom is 0.407 e. The predicted molar refractivity (Wildman–Crippen MR) is 153 cm³/mol. The monoisotopic (exact) mass is 559 g/mol. The zero-order valence-corrected chi connectivity index (χ0v) is 23.1. The molecule has 0 spiro atoms. The minimum absolute atomic E-state index is 0.0561. The van der Waals surface area contributed by atoms with Gasteiger partial charge in [-0.15, -0.1) is 0 Å². The number of alkyl halides is 1. The second-order valence-corrected chi connectivity index (χ2v) is 11.1. The van der Waals surface area contributed by atoms with Crippen molar-refractivity contribution in [1.29, 1.82) is 5.26 Å². The van der Waals surface area contributed by atoms with Crippen LogP contribution in [0.4, 0.5) is 20.7 Å². The van der Waals surface area contributed by atoms with Gasteiger partial charge in [0.05, 0.1) is 30.8 Å². The summed E-state index contributed by atoms with van der Waals surface area (Å²) in [5, 5.41) is 21.4. The molecule has 3 aromatic rings. The normalized spacial score (nSPS) is 23.0. The number of nitrogens with zero attached hydrogens (tertiary/aromatic N) is 7. The molecule has 3 aliphatic heterocycles. The Morgan fingerprint density at radius 2 is 1.93 bits per heavy atom. The van der Waals surface area contributed by atoms with Gasteiger partial charge < -0.3 is 24.5 Å². The summed E-state index contributed by atoms with van der Waals surface area (Å²) in [4.78, 5) is 29.2. The molecule has 10 nitrogen and oxygen atoms in total. The number of rotatable bonds is 6. The van der Waals surface area contributed by atoms with Gasteiger partial charge in [-0.2, -0.15) is 15.2 Å². The Bertz CT molecular complexity index is 1470. The van der Waals surface area contributed by atoms with E-state index in [1.807, 2.05) is 24.1 Å². The van der Waals surface area contributed by atoms with E-state index >= 15 is 0 Å². The molecule has 0 aliphatic carbocycles. The smallest absolute Gasteiger partial charge is 0.407 e. The molecule has 0 radical (unpaired) electrons. The lowest BCUT2D eigenvalue weighted by atomic mass is 10.0. The number of anilines is 2. The molecule has 3 aliphatic rings. The Morgan fingerprint density at radius 3 is 2.71 bits per heavy atom. The fourth-order valence-corrected chi connectivity index (χ4v) is 6.36. The minimum atomic E-state index is -1.02. The van der Waals surface area contributed by atoms with E-state index in [-0.39, 0.29) is 31.6 Å². The number of halogens is 1. The number of likely N-dealkylation sites (N-methyl/N-ethyl adjacent to an activating group) is 1. The summed E-state index contributed by atoms with van der Waals surface area (Å²) in [6.07, 6.45) is -0.657. The standard InChI is InChI=1S/C30H34FN7O3/c1-35-16-21(31)15-23(35)19-41-29-33-26-18-36(27-8-4-6-20-5-2-3-7-24(20)27)12-10-25(26)28(34-29)37-13-14-38(30(39)40)22(17-37)9-11-32/h2-8,21-23H,9-10,12-19H2,1H3,(H,39,40)/t21-,22+,23+/m1/s1. The number of aromatic nitrogens is 2. The SMILES string of the molecule is CN1C[C@H](F)C[C@H]1COc1nc2c(c(N3CCN(C(=O)O)[C@@H](CC#N)C3)n1)CCN(c1cccc3ccccc13)C2. The average Bonchev–Trinajstić information content (AvgIpc) is 3.31. The molecule has 2 saturated heterocycles. The van der Waals surface area contributed by atoms with Crippen LogP contribution in [0.1, 0.15) is 24.1 Å². The number of amides is 1. The van der Waals surface area contributed by atoms with Crippen LogP contribution in [0.5, 0.6) is 6.01 Å².